The molecule has 6 rings (SSSR count). The van der Waals surface area contributed by atoms with Crippen molar-refractivity contribution in [1.29, 1.82) is 0 Å². The summed E-state index contributed by atoms with van der Waals surface area (Å²) in [5.74, 6) is 0. The second kappa shape index (κ2) is 6.82. The number of aromatic nitrogens is 1. The molecule has 0 amide bonds. The second-order valence-electron chi connectivity index (χ2n) is 7.64. The number of pyridine rings is 1. The van der Waals surface area contributed by atoms with Crippen LogP contribution in [0.4, 0.5) is 0 Å². The fourth-order valence-electron chi connectivity index (χ4n) is 4.45. The Morgan fingerprint density at radius 1 is 0.367 bits per heavy atom. The zero-order chi connectivity index (χ0) is 19.9. The molecule has 0 saturated carbocycles. The van der Waals surface area contributed by atoms with Crippen LogP contribution < -0.4 is 0 Å². The minimum absolute atomic E-state index is 1.00. The summed E-state index contributed by atoms with van der Waals surface area (Å²) in [6.45, 7) is 0. The van der Waals surface area contributed by atoms with E-state index in [1.54, 1.807) is 0 Å². The van der Waals surface area contributed by atoms with Crippen LogP contribution in [0.1, 0.15) is 0 Å². The van der Waals surface area contributed by atoms with E-state index in [0.29, 0.717) is 0 Å². The van der Waals surface area contributed by atoms with Gasteiger partial charge in [0.25, 0.3) is 0 Å². The summed E-state index contributed by atoms with van der Waals surface area (Å²) in [4.78, 5) is 4.46. The second-order valence-corrected chi connectivity index (χ2v) is 7.64. The lowest BCUT2D eigenvalue weighted by atomic mass is 9.92. The van der Waals surface area contributed by atoms with Gasteiger partial charge in [-0.3, -0.25) is 4.98 Å². The summed E-state index contributed by atoms with van der Waals surface area (Å²) in [5, 5.41) is 7.84. The number of benzene rings is 5. The van der Waals surface area contributed by atoms with Crippen molar-refractivity contribution in [3.8, 4) is 22.4 Å². The Morgan fingerprint density at radius 2 is 0.867 bits per heavy atom. The smallest absolute Gasteiger partial charge is 0.0701 e. The maximum atomic E-state index is 4.46. The van der Waals surface area contributed by atoms with E-state index >= 15 is 0 Å². The van der Waals surface area contributed by atoms with Crippen LogP contribution in [0.2, 0.25) is 0 Å². The van der Waals surface area contributed by atoms with Crippen LogP contribution in [-0.4, -0.2) is 4.98 Å². The molecule has 5 aromatic carbocycles. The number of hydrogen-bond donors (Lipinski definition) is 0. The first-order chi connectivity index (χ1) is 14.9. The third-order valence-corrected chi connectivity index (χ3v) is 5.92. The van der Waals surface area contributed by atoms with Crippen LogP contribution in [0.5, 0.6) is 0 Å². The van der Waals surface area contributed by atoms with Gasteiger partial charge in [-0.25, -0.2) is 0 Å². The van der Waals surface area contributed by atoms with Gasteiger partial charge < -0.3 is 0 Å². The summed E-state index contributed by atoms with van der Waals surface area (Å²) >= 11 is 0. The largest absolute Gasteiger partial charge is 0.256 e. The number of fused-ring (bicyclic) bond motifs is 6. The average molecular weight is 381 g/mol. The first-order valence-corrected chi connectivity index (χ1v) is 10.2. The number of rotatable bonds is 2. The van der Waals surface area contributed by atoms with Crippen molar-refractivity contribution in [1.82, 2.24) is 4.98 Å². The molecule has 0 atom stereocenters. The van der Waals surface area contributed by atoms with Gasteiger partial charge in [-0.05, 0) is 61.6 Å². The van der Waals surface area contributed by atoms with Crippen LogP contribution in [-0.2, 0) is 0 Å². The summed E-state index contributed by atoms with van der Waals surface area (Å²) < 4.78 is 0. The molecule has 1 nitrogen and oxygen atoms in total. The van der Waals surface area contributed by atoms with Crippen LogP contribution in [0.3, 0.4) is 0 Å². The van der Waals surface area contributed by atoms with Crippen molar-refractivity contribution in [2.75, 3.05) is 0 Å². The highest BCUT2D eigenvalue weighted by Crippen LogP contribution is 2.37. The van der Waals surface area contributed by atoms with E-state index in [1.807, 2.05) is 24.4 Å². The minimum Gasteiger partial charge on any atom is -0.256 e. The van der Waals surface area contributed by atoms with E-state index in [2.05, 4.69) is 96.0 Å². The molecule has 0 saturated heterocycles. The van der Waals surface area contributed by atoms with Gasteiger partial charge in [0, 0.05) is 11.8 Å². The Labute approximate surface area is 175 Å². The molecule has 0 radical (unpaired) electrons. The van der Waals surface area contributed by atoms with E-state index in [-0.39, 0.29) is 0 Å². The highest BCUT2D eigenvalue weighted by atomic mass is 14.7. The standard InChI is InChI=1S/C29H19N/c1-2-9-25-23(7-1)24-8-3-4-10-26(24)28-19-22(16-17-27(25)28)20-12-14-21(15-13-20)29-11-5-6-18-30-29/h1-19H. The van der Waals surface area contributed by atoms with E-state index in [4.69, 9.17) is 0 Å². The van der Waals surface area contributed by atoms with Crippen LogP contribution in [0.15, 0.2) is 115 Å². The molecule has 6 aromatic rings. The topological polar surface area (TPSA) is 12.9 Å². The predicted molar refractivity (Wildman–Crippen MR) is 128 cm³/mol. The van der Waals surface area contributed by atoms with Gasteiger partial charge in [-0.2, -0.15) is 0 Å². The Hall–Kier alpha value is -3.97. The molecule has 0 N–H and O–H groups in total. The molecule has 0 aliphatic rings. The van der Waals surface area contributed by atoms with E-state index in [1.165, 1.54) is 43.4 Å². The Kier molecular flexibility index (Phi) is 3.85. The third kappa shape index (κ3) is 2.67. The fourth-order valence-corrected chi connectivity index (χ4v) is 4.45. The number of hydrogen-bond acceptors (Lipinski definition) is 1. The molecule has 1 aromatic heterocycles. The summed E-state index contributed by atoms with van der Waals surface area (Å²) in [6.07, 6.45) is 1.84. The van der Waals surface area contributed by atoms with Gasteiger partial charge in [0.2, 0.25) is 0 Å². The fraction of sp³-hybridized carbons (Fsp3) is 0. The quantitative estimate of drug-likeness (QED) is 0.278. The van der Waals surface area contributed by atoms with Crippen molar-refractivity contribution in [3.63, 3.8) is 0 Å². The first-order valence-electron chi connectivity index (χ1n) is 10.2. The molecule has 0 fully saturated rings. The lowest BCUT2D eigenvalue weighted by molar-refractivity contribution is 1.33. The van der Waals surface area contributed by atoms with Gasteiger partial charge in [0.1, 0.15) is 0 Å². The molecule has 0 aliphatic carbocycles. The van der Waals surface area contributed by atoms with E-state index < -0.39 is 0 Å². The van der Waals surface area contributed by atoms with Gasteiger partial charge in [-0.1, -0.05) is 91.0 Å². The molecule has 1 heteroatoms. The Bertz CT molecular complexity index is 1480. The molecule has 30 heavy (non-hydrogen) atoms. The summed E-state index contributed by atoms with van der Waals surface area (Å²) in [7, 11) is 0. The van der Waals surface area contributed by atoms with Crippen molar-refractivity contribution in [2.24, 2.45) is 0 Å². The van der Waals surface area contributed by atoms with Gasteiger partial charge in [0.15, 0.2) is 0 Å². The van der Waals surface area contributed by atoms with Crippen LogP contribution in [0.25, 0.3) is 54.7 Å². The van der Waals surface area contributed by atoms with Crippen molar-refractivity contribution < 1.29 is 0 Å². The minimum atomic E-state index is 1.00. The summed E-state index contributed by atoms with van der Waals surface area (Å²) in [6, 6.07) is 39.0. The number of nitrogens with zero attached hydrogens (tertiary/aromatic N) is 1. The zero-order valence-corrected chi connectivity index (χ0v) is 16.4. The highest BCUT2D eigenvalue weighted by Gasteiger charge is 2.09. The zero-order valence-electron chi connectivity index (χ0n) is 16.4. The third-order valence-electron chi connectivity index (χ3n) is 5.92. The molecule has 140 valence electrons. The van der Waals surface area contributed by atoms with E-state index in [0.717, 1.165) is 11.3 Å². The Balaban J connectivity index is 1.55. The maximum Gasteiger partial charge on any atom is 0.0701 e. The molecule has 0 aliphatic heterocycles. The summed E-state index contributed by atoms with van der Waals surface area (Å²) in [5.41, 5.74) is 4.58. The Morgan fingerprint density at radius 3 is 1.47 bits per heavy atom. The molecule has 0 bridgehead atoms. The SMILES string of the molecule is c1ccc(-c2ccc(-c3ccc4c5ccccc5c5ccccc5c4c3)cc2)nc1. The molecular weight excluding hydrogens is 362 g/mol. The lowest BCUT2D eigenvalue weighted by Crippen LogP contribution is -1.86. The monoisotopic (exact) mass is 381 g/mol. The average Bonchev–Trinajstić information content (AvgIpc) is 2.84. The van der Waals surface area contributed by atoms with Crippen molar-refractivity contribution in [3.05, 3.63) is 115 Å². The lowest BCUT2D eigenvalue weighted by Gasteiger charge is -2.12. The predicted octanol–water partition coefficient (Wildman–Crippen LogP) is 7.88. The van der Waals surface area contributed by atoms with Gasteiger partial charge in [-0.15, -0.1) is 0 Å². The normalized spacial score (nSPS) is 11.3. The molecular formula is C29H19N. The highest BCUT2D eigenvalue weighted by molar-refractivity contribution is 6.25. The van der Waals surface area contributed by atoms with Crippen molar-refractivity contribution in [2.45, 2.75) is 0 Å². The first kappa shape index (κ1) is 16.9. The van der Waals surface area contributed by atoms with Gasteiger partial charge >= 0.3 is 0 Å². The van der Waals surface area contributed by atoms with E-state index in [9.17, 15) is 0 Å². The maximum absolute atomic E-state index is 4.46. The van der Waals surface area contributed by atoms with Crippen LogP contribution >= 0.6 is 0 Å². The van der Waals surface area contributed by atoms with Crippen LogP contribution in [0, 0.1) is 0 Å². The molecule has 1 heterocycles. The van der Waals surface area contributed by atoms with Crippen molar-refractivity contribution >= 4 is 32.3 Å². The molecule has 0 spiro atoms. The van der Waals surface area contributed by atoms with Gasteiger partial charge in [0.05, 0.1) is 5.69 Å². The molecule has 0 unspecified atom stereocenters.